The van der Waals surface area contributed by atoms with Crippen LogP contribution in [0.2, 0.25) is 10.0 Å². The molecule has 0 aliphatic rings. The second-order valence-electron chi connectivity index (χ2n) is 6.02. The summed E-state index contributed by atoms with van der Waals surface area (Å²) in [6, 6.07) is 8.65. The average molecular weight is 400 g/mol. The lowest BCUT2D eigenvalue weighted by molar-refractivity contribution is 0.266. The fourth-order valence-corrected chi connectivity index (χ4v) is 2.88. The molecule has 0 bridgehead atoms. The van der Waals surface area contributed by atoms with Crippen molar-refractivity contribution in [1.29, 1.82) is 0 Å². The van der Waals surface area contributed by atoms with E-state index >= 15 is 0 Å². The second kappa shape index (κ2) is 10.0. The molecule has 2 rings (SSSR count). The van der Waals surface area contributed by atoms with Gasteiger partial charge in [0.25, 0.3) is 0 Å². The van der Waals surface area contributed by atoms with Crippen LogP contribution in [0.3, 0.4) is 0 Å². The van der Waals surface area contributed by atoms with Gasteiger partial charge in [-0.3, -0.25) is 0 Å². The Morgan fingerprint density at radius 3 is 2.54 bits per heavy atom. The highest BCUT2D eigenvalue weighted by Crippen LogP contribution is 2.37. The molecule has 0 aliphatic carbocycles. The molecule has 3 nitrogen and oxygen atoms in total. The molecular weight excluding hydrogens is 376 g/mol. The molecule has 0 heterocycles. The van der Waals surface area contributed by atoms with Crippen molar-refractivity contribution in [2.75, 3.05) is 6.61 Å². The third kappa shape index (κ3) is 5.50. The minimum absolute atomic E-state index is 0.0320. The van der Waals surface area contributed by atoms with Gasteiger partial charge in [-0.2, -0.15) is 0 Å². The Balaban J connectivity index is 2.21. The van der Waals surface area contributed by atoms with Crippen LogP contribution < -0.4 is 14.8 Å². The van der Waals surface area contributed by atoms with Gasteiger partial charge in [-0.05, 0) is 50.1 Å². The summed E-state index contributed by atoms with van der Waals surface area (Å²) >= 11 is 12.5. The normalized spacial score (nSPS) is 12.1. The second-order valence-corrected chi connectivity index (χ2v) is 6.83. The van der Waals surface area contributed by atoms with Crippen molar-refractivity contribution in [2.24, 2.45) is 0 Å². The zero-order valence-electron chi connectivity index (χ0n) is 15.2. The molecule has 0 fully saturated rings. The number of ether oxygens (including phenoxy) is 2. The Morgan fingerprint density at radius 1 is 1.12 bits per heavy atom. The number of halogens is 3. The van der Waals surface area contributed by atoms with Crippen molar-refractivity contribution in [3.05, 3.63) is 57.3 Å². The molecule has 0 amide bonds. The van der Waals surface area contributed by atoms with E-state index in [9.17, 15) is 4.39 Å². The maximum absolute atomic E-state index is 13.9. The van der Waals surface area contributed by atoms with Gasteiger partial charge in [-0.15, -0.1) is 0 Å². The first-order valence-electron chi connectivity index (χ1n) is 8.70. The monoisotopic (exact) mass is 399 g/mol. The van der Waals surface area contributed by atoms with Crippen molar-refractivity contribution in [3.8, 4) is 11.5 Å². The maximum Gasteiger partial charge on any atom is 0.180 e. The van der Waals surface area contributed by atoms with E-state index in [1.54, 1.807) is 12.1 Å². The van der Waals surface area contributed by atoms with E-state index < -0.39 is 5.82 Å². The lowest BCUT2D eigenvalue weighted by atomic mass is 10.1. The maximum atomic E-state index is 13.9. The molecular formula is C20H24Cl2FNO2. The van der Waals surface area contributed by atoms with Gasteiger partial charge in [0, 0.05) is 18.2 Å². The van der Waals surface area contributed by atoms with Gasteiger partial charge < -0.3 is 14.8 Å². The molecule has 2 aromatic carbocycles. The third-order valence-electron chi connectivity index (χ3n) is 4.06. The van der Waals surface area contributed by atoms with E-state index in [1.165, 1.54) is 6.07 Å². The summed E-state index contributed by atoms with van der Waals surface area (Å²) in [5.41, 5.74) is 1.28. The number of rotatable bonds is 9. The molecule has 0 unspecified atom stereocenters. The van der Waals surface area contributed by atoms with Crippen LogP contribution in [0.25, 0.3) is 0 Å². The largest absolute Gasteiger partial charge is 0.490 e. The van der Waals surface area contributed by atoms with E-state index in [0.29, 0.717) is 40.7 Å². The SMILES string of the molecule is CCOc1cc(CN[C@@H](C)CC)cc(Cl)c1OCc1c(F)cccc1Cl. The van der Waals surface area contributed by atoms with Gasteiger partial charge in [0.2, 0.25) is 0 Å². The fourth-order valence-electron chi connectivity index (χ4n) is 2.38. The molecule has 2 aromatic rings. The van der Waals surface area contributed by atoms with Crippen molar-refractivity contribution in [1.82, 2.24) is 5.32 Å². The molecule has 6 heteroatoms. The van der Waals surface area contributed by atoms with E-state index in [0.717, 1.165) is 12.0 Å². The van der Waals surface area contributed by atoms with Crippen LogP contribution >= 0.6 is 23.2 Å². The Kier molecular flexibility index (Phi) is 8.01. The highest BCUT2D eigenvalue weighted by atomic mass is 35.5. The Labute approximate surface area is 164 Å². The first kappa shape index (κ1) is 20.8. The molecule has 1 N–H and O–H groups in total. The fraction of sp³-hybridized carbons (Fsp3) is 0.400. The number of hydrogen-bond acceptors (Lipinski definition) is 3. The lowest BCUT2D eigenvalue weighted by Crippen LogP contribution is -2.24. The molecule has 142 valence electrons. The summed E-state index contributed by atoms with van der Waals surface area (Å²) < 4.78 is 25.4. The molecule has 0 spiro atoms. The summed E-state index contributed by atoms with van der Waals surface area (Å²) in [6.07, 6.45) is 1.04. The number of hydrogen-bond donors (Lipinski definition) is 1. The van der Waals surface area contributed by atoms with E-state index in [1.807, 2.05) is 19.1 Å². The first-order valence-corrected chi connectivity index (χ1v) is 9.46. The van der Waals surface area contributed by atoms with Crippen LogP contribution in [-0.4, -0.2) is 12.6 Å². The molecule has 0 aliphatic heterocycles. The Hall–Kier alpha value is -1.49. The minimum Gasteiger partial charge on any atom is -0.490 e. The summed E-state index contributed by atoms with van der Waals surface area (Å²) in [4.78, 5) is 0. The smallest absolute Gasteiger partial charge is 0.180 e. The van der Waals surface area contributed by atoms with Crippen LogP contribution in [0.5, 0.6) is 11.5 Å². The molecule has 26 heavy (non-hydrogen) atoms. The van der Waals surface area contributed by atoms with Gasteiger partial charge in [0.15, 0.2) is 11.5 Å². The van der Waals surface area contributed by atoms with Gasteiger partial charge >= 0.3 is 0 Å². The van der Waals surface area contributed by atoms with Crippen molar-refractivity contribution in [3.63, 3.8) is 0 Å². The zero-order valence-corrected chi connectivity index (χ0v) is 16.8. The van der Waals surface area contributed by atoms with Crippen molar-refractivity contribution in [2.45, 2.75) is 46.4 Å². The van der Waals surface area contributed by atoms with E-state index in [2.05, 4.69) is 19.2 Å². The van der Waals surface area contributed by atoms with Crippen LogP contribution in [0, 0.1) is 5.82 Å². The van der Waals surface area contributed by atoms with Gasteiger partial charge in [-0.1, -0.05) is 36.2 Å². The van der Waals surface area contributed by atoms with Crippen molar-refractivity contribution < 1.29 is 13.9 Å². The topological polar surface area (TPSA) is 30.5 Å². The molecule has 0 saturated heterocycles. The third-order valence-corrected chi connectivity index (χ3v) is 4.69. The summed E-state index contributed by atoms with van der Waals surface area (Å²) in [7, 11) is 0. The molecule has 0 radical (unpaired) electrons. The zero-order chi connectivity index (χ0) is 19.1. The van der Waals surface area contributed by atoms with Gasteiger partial charge in [0.05, 0.1) is 16.7 Å². The predicted molar refractivity (Wildman–Crippen MR) is 105 cm³/mol. The van der Waals surface area contributed by atoms with Crippen LogP contribution in [0.4, 0.5) is 4.39 Å². The molecule has 0 saturated carbocycles. The quantitative estimate of drug-likeness (QED) is 0.560. The summed E-state index contributed by atoms with van der Waals surface area (Å²) in [5.74, 6) is 0.509. The Bertz CT molecular complexity index is 720. The van der Waals surface area contributed by atoms with E-state index in [-0.39, 0.29) is 12.2 Å². The van der Waals surface area contributed by atoms with Crippen molar-refractivity contribution >= 4 is 23.2 Å². The number of benzene rings is 2. The standard InChI is InChI=1S/C20H24Cl2FNO2/c1-4-13(3)24-11-14-9-17(22)20(19(10-14)25-5-2)26-12-15-16(21)7-6-8-18(15)23/h6-10,13,24H,4-5,11-12H2,1-3H3/t13-/m0/s1. The van der Waals surface area contributed by atoms with Gasteiger partial charge in [-0.25, -0.2) is 4.39 Å². The summed E-state index contributed by atoms with van der Waals surface area (Å²) in [5, 5.41) is 4.15. The average Bonchev–Trinajstić information content (AvgIpc) is 2.61. The first-order chi connectivity index (χ1) is 12.5. The predicted octanol–water partition coefficient (Wildman–Crippen LogP) is 6.00. The highest BCUT2D eigenvalue weighted by molar-refractivity contribution is 6.32. The minimum atomic E-state index is -0.416. The highest BCUT2D eigenvalue weighted by Gasteiger charge is 2.15. The molecule has 1 atom stereocenters. The van der Waals surface area contributed by atoms with Crippen LogP contribution in [0.1, 0.15) is 38.3 Å². The van der Waals surface area contributed by atoms with Gasteiger partial charge in [0.1, 0.15) is 12.4 Å². The van der Waals surface area contributed by atoms with Crippen LogP contribution in [0.15, 0.2) is 30.3 Å². The Morgan fingerprint density at radius 2 is 1.88 bits per heavy atom. The molecule has 0 aromatic heterocycles. The summed E-state index contributed by atoms with van der Waals surface area (Å²) in [6.45, 7) is 7.25. The lowest BCUT2D eigenvalue weighted by Gasteiger charge is -2.17. The van der Waals surface area contributed by atoms with Crippen LogP contribution in [-0.2, 0) is 13.2 Å². The number of nitrogens with one attached hydrogen (secondary N) is 1. The van der Waals surface area contributed by atoms with E-state index in [4.69, 9.17) is 32.7 Å².